The minimum absolute atomic E-state index is 0.00401. The molecular weight excluding hydrogens is 250 g/mol. The van der Waals surface area contributed by atoms with E-state index < -0.39 is 0 Å². The molecule has 3 atom stereocenters. The van der Waals surface area contributed by atoms with E-state index in [0.29, 0.717) is 13.0 Å². The zero-order chi connectivity index (χ0) is 14.5. The summed E-state index contributed by atoms with van der Waals surface area (Å²) in [5.74, 6) is 0.132. The van der Waals surface area contributed by atoms with Gasteiger partial charge in [-0.15, -0.1) is 0 Å². The quantitative estimate of drug-likeness (QED) is 0.910. The van der Waals surface area contributed by atoms with E-state index in [-0.39, 0.29) is 23.9 Å². The molecule has 1 aromatic carbocycles. The topological polar surface area (TPSA) is 70.1 Å². The normalized spacial score (nSPS) is 21.2. The van der Waals surface area contributed by atoms with Crippen LogP contribution in [0.1, 0.15) is 37.7 Å². The molecule has 0 radical (unpaired) electrons. The number of hydrogen-bond acceptors (Lipinski definition) is 3. The molecule has 1 amide bonds. The van der Waals surface area contributed by atoms with Crippen LogP contribution < -0.4 is 5.73 Å². The summed E-state index contributed by atoms with van der Waals surface area (Å²) >= 11 is 0. The summed E-state index contributed by atoms with van der Waals surface area (Å²) in [5.41, 5.74) is 7.32. The number of amides is 1. The molecule has 2 N–H and O–H groups in total. The zero-order valence-electron chi connectivity index (χ0n) is 11.8. The fourth-order valence-corrected chi connectivity index (χ4v) is 2.70. The number of hydrogen-bond donors (Lipinski definition) is 1. The smallest absolute Gasteiger partial charge is 0.225 e. The average Bonchev–Trinajstić information content (AvgIpc) is 2.95. The summed E-state index contributed by atoms with van der Waals surface area (Å²) in [6, 6.07) is 11.7. The molecule has 0 aliphatic carbocycles. The molecule has 106 valence electrons. The molecule has 1 aliphatic heterocycles. The molecule has 0 saturated carbocycles. The van der Waals surface area contributed by atoms with E-state index in [1.54, 1.807) is 4.90 Å². The first-order valence-corrected chi connectivity index (χ1v) is 7.13. The van der Waals surface area contributed by atoms with Crippen LogP contribution >= 0.6 is 0 Å². The van der Waals surface area contributed by atoms with Gasteiger partial charge >= 0.3 is 0 Å². The van der Waals surface area contributed by atoms with E-state index in [0.717, 1.165) is 18.4 Å². The van der Waals surface area contributed by atoms with Crippen molar-refractivity contribution in [1.29, 1.82) is 5.26 Å². The summed E-state index contributed by atoms with van der Waals surface area (Å²) in [7, 11) is 0. The van der Waals surface area contributed by atoms with Gasteiger partial charge < -0.3 is 10.6 Å². The summed E-state index contributed by atoms with van der Waals surface area (Å²) < 4.78 is 0. The van der Waals surface area contributed by atoms with Crippen molar-refractivity contribution in [3.8, 4) is 6.07 Å². The maximum absolute atomic E-state index is 12.3. The van der Waals surface area contributed by atoms with Gasteiger partial charge in [0.25, 0.3) is 0 Å². The number of benzene rings is 1. The summed E-state index contributed by atoms with van der Waals surface area (Å²) in [6.45, 7) is 2.72. The number of carbonyl (C=O) groups is 1. The van der Waals surface area contributed by atoms with Gasteiger partial charge in [-0.25, -0.2) is 0 Å². The number of likely N-dealkylation sites (tertiary alicyclic amines) is 1. The standard InChI is InChI=1S/C16H21N3O/c1-12(13-6-3-2-4-7-13)15(18)10-16(20)19-9-5-8-14(19)11-17/h2-4,6-7,12,14-15H,5,8-10,18H2,1H3/t12-,14+,15-/m1/s1. The number of nitriles is 1. The van der Waals surface area contributed by atoms with Crippen molar-refractivity contribution in [1.82, 2.24) is 4.90 Å². The van der Waals surface area contributed by atoms with Gasteiger partial charge in [0.05, 0.1) is 6.07 Å². The molecule has 1 saturated heterocycles. The molecule has 1 fully saturated rings. The predicted molar refractivity (Wildman–Crippen MR) is 77.8 cm³/mol. The molecule has 4 heteroatoms. The van der Waals surface area contributed by atoms with Crippen LogP contribution in [0.25, 0.3) is 0 Å². The molecular formula is C16H21N3O. The van der Waals surface area contributed by atoms with Crippen molar-refractivity contribution in [3.63, 3.8) is 0 Å². The highest BCUT2D eigenvalue weighted by Gasteiger charge is 2.30. The first kappa shape index (κ1) is 14.5. The second-order valence-corrected chi connectivity index (χ2v) is 5.44. The Morgan fingerprint density at radius 3 is 2.85 bits per heavy atom. The molecule has 0 bridgehead atoms. The first-order chi connectivity index (χ1) is 9.63. The number of carbonyl (C=O) groups excluding carboxylic acids is 1. The Kier molecular flexibility index (Phi) is 4.75. The third-order valence-corrected chi connectivity index (χ3v) is 4.10. The first-order valence-electron chi connectivity index (χ1n) is 7.13. The van der Waals surface area contributed by atoms with Crippen molar-refractivity contribution in [2.75, 3.05) is 6.54 Å². The fourth-order valence-electron chi connectivity index (χ4n) is 2.70. The Morgan fingerprint density at radius 2 is 2.20 bits per heavy atom. The van der Waals surface area contributed by atoms with Crippen molar-refractivity contribution >= 4 is 5.91 Å². The van der Waals surface area contributed by atoms with E-state index >= 15 is 0 Å². The molecule has 1 heterocycles. The lowest BCUT2D eigenvalue weighted by molar-refractivity contribution is -0.131. The van der Waals surface area contributed by atoms with E-state index in [1.165, 1.54) is 0 Å². The van der Waals surface area contributed by atoms with Crippen LogP contribution in [0.5, 0.6) is 0 Å². The second kappa shape index (κ2) is 6.53. The minimum atomic E-state index is -0.262. The Hall–Kier alpha value is -1.86. The average molecular weight is 271 g/mol. The summed E-state index contributed by atoms with van der Waals surface area (Å²) in [5, 5.41) is 9.03. The third kappa shape index (κ3) is 3.17. The van der Waals surface area contributed by atoms with Crippen LogP contribution in [0.3, 0.4) is 0 Å². The van der Waals surface area contributed by atoms with Gasteiger partial charge in [-0.1, -0.05) is 37.3 Å². The van der Waals surface area contributed by atoms with Gasteiger partial charge in [-0.2, -0.15) is 5.26 Å². The highest BCUT2D eigenvalue weighted by atomic mass is 16.2. The number of rotatable bonds is 4. The highest BCUT2D eigenvalue weighted by Crippen LogP contribution is 2.22. The number of nitrogens with zero attached hydrogens (tertiary/aromatic N) is 2. The van der Waals surface area contributed by atoms with E-state index in [4.69, 9.17) is 11.0 Å². The summed E-state index contributed by atoms with van der Waals surface area (Å²) in [6.07, 6.45) is 1.99. The van der Waals surface area contributed by atoms with Crippen LogP contribution in [0, 0.1) is 11.3 Å². The monoisotopic (exact) mass is 271 g/mol. The van der Waals surface area contributed by atoms with Crippen LogP contribution in [0.2, 0.25) is 0 Å². The zero-order valence-corrected chi connectivity index (χ0v) is 11.8. The largest absolute Gasteiger partial charge is 0.327 e. The van der Waals surface area contributed by atoms with Gasteiger partial charge in [0, 0.05) is 19.0 Å². The maximum atomic E-state index is 12.3. The van der Waals surface area contributed by atoms with Crippen LogP contribution in [0.15, 0.2) is 30.3 Å². The van der Waals surface area contributed by atoms with Crippen LogP contribution in [0.4, 0.5) is 0 Å². The van der Waals surface area contributed by atoms with Crippen LogP contribution in [-0.2, 0) is 4.79 Å². The Morgan fingerprint density at radius 1 is 1.50 bits per heavy atom. The Balaban J connectivity index is 1.96. The molecule has 1 aromatic rings. The molecule has 4 nitrogen and oxygen atoms in total. The third-order valence-electron chi connectivity index (χ3n) is 4.10. The van der Waals surface area contributed by atoms with Crippen molar-refractivity contribution < 1.29 is 4.79 Å². The summed E-state index contributed by atoms with van der Waals surface area (Å²) in [4.78, 5) is 13.9. The Bertz CT molecular complexity index is 494. The van der Waals surface area contributed by atoms with Crippen molar-refractivity contribution in [3.05, 3.63) is 35.9 Å². The fraction of sp³-hybridized carbons (Fsp3) is 0.500. The van der Waals surface area contributed by atoms with E-state index in [1.807, 2.05) is 37.3 Å². The Labute approximate surface area is 120 Å². The number of nitrogens with two attached hydrogens (primary N) is 1. The lowest BCUT2D eigenvalue weighted by atomic mass is 9.91. The van der Waals surface area contributed by atoms with Crippen molar-refractivity contribution in [2.45, 2.75) is 44.2 Å². The van der Waals surface area contributed by atoms with E-state index in [2.05, 4.69) is 6.07 Å². The predicted octanol–water partition coefficient (Wildman–Crippen LogP) is 2.02. The SMILES string of the molecule is C[C@H](c1ccccc1)[C@H](N)CC(=O)N1CCC[C@H]1C#N. The molecule has 20 heavy (non-hydrogen) atoms. The minimum Gasteiger partial charge on any atom is -0.327 e. The van der Waals surface area contributed by atoms with Gasteiger partial charge in [0.1, 0.15) is 6.04 Å². The molecule has 1 aliphatic rings. The van der Waals surface area contributed by atoms with Gasteiger partial charge in [-0.05, 0) is 24.3 Å². The second-order valence-electron chi connectivity index (χ2n) is 5.44. The highest BCUT2D eigenvalue weighted by molar-refractivity contribution is 5.78. The van der Waals surface area contributed by atoms with Gasteiger partial charge in [0.15, 0.2) is 0 Å². The molecule has 0 aromatic heterocycles. The lowest BCUT2D eigenvalue weighted by Gasteiger charge is -2.24. The van der Waals surface area contributed by atoms with Gasteiger partial charge in [-0.3, -0.25) is 4.79 Å². The lowest BCUT2D eigenvalue weighted by Crippen LogP contribution is -2.39. The molecule has 0 unspecified atom stereocenters. The van der Waals surface area contributed by atoms with Crippen molar-refractivity contribution in [2.24, 2.45) is 5.73 Å². The van der Waals surface area contributed by atoms with E-state index in [9.17, 15) is 4.79 Å². The van der Waals surface area contributed by atoms with Gasteiger partial charge in [0.2, 0.25) is 5.91 Å². The molecule has 2 rings (SSSR count). The maximum Gasteiger partial charge on any atom is 0.225 e. The van der Waals surface area contributed by atoms with Crippen LogP contribution in [-0.4, -0.2) is 29.4 Å². The molecule has 0 spiro atoms.